The Kier molecular flexibility index (Phi) is 12.8. The molecule has 12 fully saturated rings. The second-order valence-corrected chi connectivity index (χ2v) is 23.0. The molecule has 8 saturated carbocycles. The number of rotatable bonds is 0. The summed E-state index contributed by atoms with van der Waals surface area (Å²) < 4.78 is 330. The largest absolute Gasteiger partial charge is 0.426 e. The first-order valence-corrected chi connectivity index (χ1v) is 23.9. The molecule has 0 aromatic heterocycles. The molecule has 12 aliphatic rings. The molecule has 32 heteroatoms. The van der Waals surface area contributed by atoms with Crippen LogP contribution in [0.1, 0.15) is 51.4 Å². The molecule has 12 unspecified atom stereocenters. The van der Waals surface area contributed by atoms with Crippen LogP contribution in [0.5, 0.6) is 0 Å². The van der Waals surface area contributed by atoms with Crippen LogP contribution in [0.3, 0.4) is 0 Å². The predicted octanol–water partition coefficient (Wildman–Crippen LogP) is 14.0. The van der Waals surface area contributed by atoms with Gasteiger partial charge in [-0.1, -0.05) is 0 Å². The van der Waals surface area contributed by atoms with Crippen LogP contribution >= 0.6 is 46.4 Å². The average molecular weight is 1180 g/mol. The van der Waals surface area contributed by atoms with Crippen LogP contribution in [-0.4, -0.2) is 118 Å². The first-order valence-electron chi connectivity index (χ1n) is 22.2. The highest BCUT2D eigenvalue weighted by molar-refractivity contribution is 6.22. The molecule has 0 aromatic rings. The molecule has 0 radical (unpaired) electrons. The van der Waals surface area contributed by atoms with E-state index < -0.39 is 165 Å². The van der Waals surface area contributed by atoms with E-state index in [4.69, 9.17) is 46.4 Å². The van der Waals surface area contributed by atoms with Crippen LogP contribution in [0.15, 0.2) is 0 Å². The molecule has 12 rings (SSSR count). The second-order valence-electron chi connectivity index (χ2n) is 21.0. The van der Waals surface area contributed by atoms with Crippen LogP contribution in [0.25, 0.3) is 0 Å². The van der Waals surface area contributed by atoms with Crippen molar-refractivity contribution in [3.05, 3.63) is 0 Å². The van der Waals surface area contributed by atoms with Crippen molar-refractivity contribution in [3.63, 3.8) is 0 Å². The Morgan fingerprint density at radius 2 is 0.514 bits per heavy atom. The van der Waals surface area contributed by atoms with Crippen molar-refractivity contribution in [1.29, 1.82) is 0 Å². The molecule has 4 heterocycles. The van der Waals surface area contributed by atoms with Gasteiger partial charge in [-0.05, 0) is 98.7 Å². The Morgan fingerprint density at radius 3 is 0.722 bits per heavy atom. The minimum absolute atomic E-state index is 0.158. The summed E-state index contributed by atoms with van der Waals surface area (Å²) in [6, 6.07) is 0. The summed E-state index contributed by atoms with van der Waals surface area (Å²) in [5, 5.41) is -3.70. The van der Waals surface area contributed by atoms with E-state index >= 15 is 0 Å². The van der Waals surface area contributed by atoms with Crippen LogP contribution in [0, 0.1) is 71.0 Å². The number of hydrogen-bond acceptors (Lipinski definition) is 4. The third kappa shape index (κ3) is 7.25. The molecule has 8 aliphatic carbocycles. The Hall–Kier alpha value is -0.680. The molecule has 0 spiro atoms. The van der Waals surface area contributed by atoms with E-state index in [0.717, 1.165) is 0 Å². The van der Waals surface area contributed by atoms with Gasteiger partial charge in [0.2, 0.25) is 0 Å². The summed E-state index contributed by atoms with van der Waals surface area (Å²) in [6.45, 7) is 0. The second kappa shape index (κ2) is 16.5. The highest BCUT2D eigenvalue weighted by atomic mass is 35.5. The Balaban J connectivity index is 0.000000119. The maximum absolute atomic E-state index is 13.0. The zero-order chi connectivity index (χ0) is 54.0. The quantitative estimate of drug-likeness (QED) is 0.179. The number of hydrogen-bond donors (Lipinski definition) is 0. The van der Waals surface area contributed by atoms with E-state index in [1.54, 1.807) is 0 Å². The molecule has 4 saturated heterocycles. The lowest BCUT2D eigenvalue weighted by molar-refractivity contribution is -0.384. The molecule has 0 aromatic carbocycles. The van der Waals surface area contributed by atoms with Gasteiger partial charge >= 0.3 is 49.4 Å². The van der Waals surface area contributed by atoms with Crippen molar-refractivity contribution >= 4 is 46.4 Å². The molecular formula is C40H36Cl4F24O4. The third-order valence-corrected chi connectivity index (χ3v) is 20.5. The molecule has 416 valence electrons. The molecule has 72 heavy (non-hydrogen) atoms. The van der Waals surface area contributed by atoms with E-state index in [-0.39, 0.29) is 49.4 Å². The van der Waals surface area contributed by atoms with Crippen molar-refractivity contribution in [1.82, 2.24) is 0 Å². The lowest BCUT2D eigenvalue weighted by Crippen LogP contribution is -2.62. The van der Waals surface area contributed by atoms with Crippen LogP contribution in [0.4, 0.5) is 105 Å². The van der Waals surface area contributed by atoms with Crippen LogP contribution < -0.4 is 0 Å². The van der Waals surface area contributed by atoms with Gasteiger partial charge in [0.1, 0.15) is 0 Å². The maximum atomic E-state index is 13.0. The summed E-state index contributed by atoms with van der Waals surface area (Å²) in [5.74, 6) is -10.5. The van der Waals surface area contributed by atoms with Gasteiger partial charge in [0.15, 0.2) is 0 Å². The van der Waals surface area contributed by atoms with Gasteiger partial charge < -0.3 is 18.9 Å². The van der Waals surface area contributed by atoms with Crippen molar-refractivity contribution in [2.75, 3.05) is 0 Å². The molecule has 4 nitrogen and oxygen atoms in total. The van der Waals surface area contributed by atoms with Crippen molar-refractivity contribution in [2.45, 2.75) is 169 Å². The molecule has 20 atom stereocenters. The van der Waals surface area contributed by atoms with E-state index in [0.29, 0.717) is 25.7 Å². The first-order chi connectivity index (χ1) is 32.4. The SMILES string of the molecule is FC(F)(F)C1(C(F)(F)F)OC2C(Cl)[C@@H]3CC1[C@H]2C3.FC(F)(F)C1(C(F)(F)F)OC2C(Cl)[C@H]3CC1[C@@H]2C3.FC(F)(F)C1(C(F)(F)F)OC2C[C@@H]3C[C@H]2C1C3Cl.FC(F)(F)C1(C(F)(F)F)OC2C[C@H]3C[C@@H]2C1C3Cl. The summed E-state index contributed by atoms with van der Waals surface area (Å²) in [6.07, 6.45) is -46.7. The average Bonchev–Trinajstić information content (AvgIpc) is 4.02. The van der Waals surface area contributed by atoms with E-state index in [9.17, 15) is 105 Å². The summed E-state index contributed by atoms with van der Waals surface area (Å²) in [4.78, 5) is 0. The number of ether oxygens (including phenoxy) is 4. The zero-order valence-electron chi connectivity index (χ0n) is 35.4. The summed E-state index contributed by atoms with van der Waals surface area (Å²) in [7, 11) is 0. The van der Waals surface area contributed by atoms with Crippen LogP contribution in [0.2, 0.25) is 0 Å². The highest BCUT2D eigenvalue weighted by Crippen LogP contribution is 2.73. The minimum atomic E-state index is -5.49. The Bertz CT molecular complexity index is 1880. The van der Waals surface area contributed by atoms with Crippen molar-refractivity contribution in [3.8, 4) is 0 Å². The van der Waals surface area contributed by atoms with Gasteiger partial charge in [0, 0.05) is 34.4 Å². The molecule has 0 amide bonds. The minimum Gasteiger partial charge on any atom is -0.354 e. The van der Waals surface area contributed by atoms with E-state index in [1.807, 2.05) is 0 Å². The van der Waals surface area contributed by atoms with Gasteiger partial charge in [-0.3, -0.25) is 0 Å². The lowest BCUT2D eigenvalue weighted by Gasteiger charge is -2.38. The predicted molar refractivity (Wildman–Crippen MR) is 196 cm³/mol. The topological polar surface area (TPSA) is 36.9 Å². The Morgan fingerprint density at radius 1 is 0.278 bits per heavy atom. The molecule has 4 aliphatic heterocycles. The highest BCUT2D eigenvalue weighted by Gasteiger charge is 2.88. The first kappa shape index (κ1) is 56.1. The van der Waals surface area contributed by atoms with Crippen molar-refractivity contribution in [2.24, 2.45) is 71.0 Å². The fourth-order valence-electron chi connectivity index (χ4n) is 15.5. The molecule has 0 N–H and O–H groups in total. The fourth-order valence-corrected chi connectivity index (χ4v) is 17.6. The normalized spacial score (nSPS) is 45.8. The van der Waals surface area contributed by atoms with E-state index in [1.165, 1.54) is 0 Å². The third-order valence-electron chi connectivity index (χ3n) is 18.0. The Labute approximate surface area is 410 Å². The zero-order valence-corrected chi connectivity index (χ0v) is 38.4. The fraction of sp³-hybridized carbons (Fsp3) is 1.00. The van der Waals surface area contributed by atoms with Crippen molar-refractivity contribution < 1.29 is 124 Å². The number of fused-ring (bicyclic) bond motifs is 4. The lowest BCUT2D eigenvalue weighted by atomic mass is 9.77. The summed E-state index contributed by atoms with van der Waals surface area (Å²) >= 11 is 23.4. The van der Waals surface area contributed by atoms with Gasteiger partial charge in [0.25, 0.3) is 22.4 Å². The molecule has 8 bridgehead atoms. The van der Waals surface area contributed by atoms with E-state index in [2.05, 4.69) is 18.9 Å². The number of alkyl halides is 28. The van der Waals surface area contributed by atoms with Crippen LogP contribution in [-0.2, 0) is 18.9 Å². The molecular weight excluding hydrogens is 1140 g/mol. The van der Waals surface area contributed by atoms with Gasteiger partial charge in [-0.15, -0.1) is 46.4 Å². The van der Waals surface area contributed by atoms with Gasteiger partial charge in [0.05, 0.1) is 35.2 Å². The van der Waals surface area contributed by atoms with Gasteiger partial charge in [-0.2, -0.15) is 105 Å². The smallest absolute Gasteiger partial charge is 0.354 e. The number of halogens is 28. The standard InChI is InChI=1S/4C10H9ClF6O/c2*11-7-3-1-4-5(2-3)18-8(6(4)7,9(12,13)14)10(15,16)17;2*11-6-3-1-4-5(2-3)8(9(12,13)14,10(15,16)17)18-7(4)6/h4*3-7H,1-2H2/t4*3-,4+,5?,6?,7?/m1010/s1. The summed E-state index contributed by atoms with van der Waals surface area (Å²) in [5.41, 5.74) is -16.2. The maximum Gasteiger partial charge on any atom is 0.426 e. The van der Waals surface area contributed by atoms with Gasteiger partial charge in [-0.25, -0.2) is 0 Å². The monoisotopic (exact) mass is 1180 g/mol.